The first-order chi connectivity index (χ1) is 9.51. The fourth-order valence-electron chi connectivity index (χ4n) is 1.68. The average molecular weight is 311 g/mol. The molecule has 2 aromatic rings. The molecule has 0 bridgehead atoms. The van der Waals surface area contributed by atoms with Crippen LogP contribution in [0.2, 0.25) is 0 Å². The van der Waals surface area contributed by atoms with E-state index in [1.165, 1.54) is 11.3 Å². The fraction of sp³-hybridized carbons (Fsp3) is 0.308. The second-order valence-electron chi connectivity index (χ2n) is 4.24. The van der Waals surface area contributed by atoms with Crippen molar-refractivity contribution in [1.82, 2.24) is 9.71 Å². The molecule has 0 aliphatic carbocycles. The van der Waals surface area contributed by atoms with Gasteiger partial charge in [-0.1, -0.05) is 0 Å². The van der Waals surface area contributed by atoms with Gasteiger partial charge in [-0.15, -0.1) is 11.3 Å². The SMILES string of the molecule is CCNc1ccc(S(=O)(=O)NCc2ncc(C)s2)cc1. The van der Waals surface area contributed by atoms with Crippen LogP contribution in [-0.4, -0.2) is 19.9 Å². The van der Waals surface area contributed by atoms with E-state index in [4.69, 9.17) is 0 Å². The van der Waals surface area contributed by atoms with Gasteiger partial charge in [0.15, 0.2) is 0 Å². The number of benzene rings is 1. The molecule has 0 saturated carbocycles. The van der Waals surface area contributed by atoms with Gasteiger partial charge in [-0.3, -0.25) is 0 Å². The van der Waals surface area contributed by atoms with Gasteiger partial charge in [0, 0.05) is 23.3 Å². The molecule has 1 aromatic heterocycles. The highest BCUT2D eigenvalue weighted by molar-refractivity contribution is 7.89. The van der Waals surface area contributed by atoms with Gasteiger partial charge in [0.25, 0.3) is 0 Å². The Morgan fingerprint density at radius 1 is 1.25 bits per heavy atom. The van der Waals surface area contributed by atoms with Crippen molar-refractivity contribution in [2.24, 2.45) is 0 Å². The zero-order valence-corrected chi connectivity index (χ0v) is 13.0. The van der Waals surface area contributed by atoms with Crippen molar-refractivity contribution < 1.29 is 8.42 Å². The van der Waals surface area contributed by atoms with Crippen molar-refractivity contribution in [2.45, 2.75) is 25.3 Å². The molecule has 2 N–H and O–H groups in total. The lowest BCUT2D eigenvalue weighted by molar-refractivity contribution is 0.581. The van der Waals surface area contributed by atoms with Crippen LogP contribution in [0.15, 0.2) is 35.4 Å². The number of nitrogens with zero attached hydrogens (tertiary/aromatic N) is 1. The Hall–Kier alpha value is -1.44. The van der Waals surface area contributed by atoms with E-state index in [-0.39, 0.29) is 11.4 Å². The Morgan fingerprint density at radius 3 is 2.50 bits per heavy atom. The third kappa shape index (κ3) is 3.78. The van der Waals surface area contributed by atoms with Crippen molar-refractivity contribution in [3.63, 3.8) is 0 Å². The summed E-state index contributed by atoms with van der Waals surface area (Å²) in [6.45, 7) is 4.95. The maximum Gasteiger partial charge on any atom is 0.240 e. The molecular formula is C13H17N3O2S2. The maximum atomic E-state index is 12.1. The molecule has 7 heteroatoms. The molecule has 1 heterocycles. The molecule has 0 amide bonds. The molecule has 108 valence electrons. The first kappa shape index (κ1) is 15.0. The van der Waals surface area contributed by atoms with Crippen molar-refractivity contribution in [2.75, 3.05) is 11.9 Å². The zero-order valence-electron chi connectivity index (χ0n) is 11.4. The Labute approximate surface area is 123 Å². The standard InChI is InChI=1S/C13H17N3O2S2/c1-3-14-11-4-6-12(7-5-11)20(17,18)16-9-13-15-8-10(2)19-13/h4-8,14,16H,3,9H2,1-2H3. The summed E-state index contributed by atoms with van der Waals surface area (Å²) in [5.74, 6) is 0. The average Bonchev–Trinajstić information content (AvgIpc) is 2.84. The van der Waals surface area contributed by atoms with Crippen LogP contribution in [0.25, 0.3) is 0 Å². The van der Waals surface area contributed by atoms with Crippen LogP contribution < -0.4 is 10.0 Å². The summed E-state index contributed by atoms with van der Waals surface area (Å²) in [6.07, 6.45) is 1.74. The number of hydrogen-bond acceptors (Lipinski definition) is 5. The number of anilines is 1. The molecule has 0 fully saturated rings. The minimum atomic E-state index is -3.49. The highest BCUT2D eigenvalue weighted by Gasteiger charge is 2.14. The smallest absolute Gasteiger partial charge is 0.240 e. The number of nitrogens with one attached hydrogen (secondary N) is 2. The Morgan fingerprint density at radius 2 is 1.95 bits per heavy atom. The summed E-state index contributed by atoms with van der Waals surface area (Å²) < 4.78 is 26.8. The van der Waals surface area contributed by atoms with Crippen LogP contribution >= 0.6 is 11.3 Å². The number of thiazole rings is 1. The molecule has 0 radical (unpaired) electrons. The van der Waals surface area contributed by atoms with Gasteiger partial charge >= 0.3 is 0 Å². The molecule has 2 rings (SSSR count). The van der Waals surface area contributed by atoms with E-state index in [0.717, 1.165) is 22.1 Å². The van der Waals surface area contributed by atoms with Crippen molar-refractivity contribution in [3.8, 4) is 0 Å². The molecule has 0 unspecified atom stereocenters. The predicted molar refractivity (Wildman–Crippen MR) is 81.5 cm³/mol. The monoisotopic (exact) mass is 311 g/mol. The Kier molecular flexibility index (Phi) is 4.74. The Balaban J connectivity index is 2.05. The van der Waals surface area contributed by atoms with Crippen molar-refractivity contribution in [3.05, 3.63) is 40.3 Å². The third-order valence-corrected chi connectivity index (χ3v) is 4.96. The number of hydrogen-bond donors (Lipinski definition) is 2. The molecule has 0 aliphatic heterocycles. The highest BCUT2D eigenvalue weighted by Crippen LogP contribution is 2.15. The van der Waals surface area contributed by atoms with Gasteiger partial charge in [-0.2, -0.15) is 0 Å². The number of rotatable bonds is 6. The molecule has 5 nitrogen and oxygen atoms in total. The van der Waals surface area contributed by atoms with Gasteiger partial charge in [0.05, 0.1) is 11.4 Å². The summed E-state index contributed by atoms with van der Waals surface area (Å²) in [5, 5.41) is 3.88. The van der Waals surface area contributed by atoms with Gasteiger partial charge < -0.3 is 5.32 Å². The van der Waals surface area contributed by atoms with Crippen LogP contribution in [0.5, 0.6) is 0 Å². The maximum absolute atomic E-state index is 12.1. The van der Waals surface area contributed by atoms with E-state index in [1.807, 2.05) is 13.8 Å². The lowest BCUT2D eigenvalue weighted by atomic mass is 10.3. The molecule has 1 aromatic carbocycles. The number of aryl methyl sites for hydroxylation is 1. The third-order valence-electron chi connectivity index (χ3n) is 2.63. The molecule has 20 heavy (non-hydrogen) atoms. The first-order valence-electron chi connectivity index (χ1n) is 6.26. The van der Waals surface area contributed by atoms with Gasteiger partial charge in [0.2, 0.25) is 10.0 Å². The summed E-state index contributed by atoms with van der Waals surface area (Å²) in [5.41, 5.74) is 0.905. The predicted octanol–water partition coefficient (Wildman–Crippen LogP) is 2.36. The lowest BCUT2D eigenvalue weighted by Crippen LogP contribution is -2.23. The van der Waals surface area contributed by atoms with Crippen molar-refractivity contribution >= 4 is 27.0 Å². The summed E-state index contributed by atoms with van der Waals surface area (Å²) in [4.78, 5) is 5.45. The topological polar surface area (TPSA) is 71.1 Å². The van der Waals surface area contributed by atoms with Crippen LogP contribution in [0.3, 0.4) is 0 Å². The summed E-state index contributed by atoms with van der Waals surface area (Å²) in [7, 11) is -3.49. The first-order valence-corrected chi connectivity index (χ1v) is 8.56. The number of sulfonamides is 1. The quantitative estimate of drug-likeness (QED) is 0.859. The zero-order chi connectivity index (χ0) is 14.6. The van der Waals surface area contributed by atoms with Gasteiger partial charge in [-0.25, -0.2) is 18.1 Å². The van der Waals surface area contributed by atoms with Crippen LogP contribution in [0.4, 0.5) is 5.69 Å². The normalized spacial score (nSPS) is 11.5. The van der Waals surface area contributed by atoms with E-state index in [0.29, 0.717) is 0 Å². The number of aromatic nitrogens is 1. The Bertz CT molecular complexity index is 663. The second-order valence-corrected chi connectivity index (χ2v) is 7.33. The van der Waals surface area contributed by atoms with Gasteiger partial charge in [-0.05, 0) is 38.1 Å². The van der Waals surface area contributed by atoms with E-state index >= 15 is 0 Å². The summed E-state index contributed by atoms with van der Waals surface area (Å²) >= 11 is 1.48. The lowest BCUT2D eigenvalue weighted by Gasteiger charge is -2.07. The molecule has 0 spiro atoms. The molecular weight excluding hydrogens is 294 g/mol. The van der Waals surface area contributed by atoms with E-state index < -0.39 is 10.0 Å². The van der Waals surface area contributed by atoms with Crippen LogP contribution in [0.1, 0.15) is 16.8 Å². The summed E-state index contributed by atoms with van der Waals surface area (Å²) in [6, 6.07) is 6.69. The van der Waals surface area contributed by atoms with Crippen molar-refractivity contribution in [1.29, 1.82) is 0 Å². The minimum Gasteiger partial charge on any atom is -0.385 e. The van der Waals surface area contributed by atoms with E-state index in [9.17, 15) is 8.42 Å². The van der Waals surface area contributed by atoms with E-state index in [1.54, 1.807) is 30.5 Å². The van der Waals surface area contributed by atoms with Crippen LogP contribution in [0, 0.1) is 6.92 Å². The van der Waals surface area contributed by atoms with E-state index in [2.05, 4.69) is 15.0 Å². The second kappa shape index (κ2) is 6.34. The largest absolute Gasteiger partial charge is 0.385 e. The highest BCUT2D eigenvalue weighted by atomic mass is 32.2. The molecule has 0 atom stereocenters. The van der Waals surface area contributed by atoms with Gasteiger partial charge in [0.1, 0.15) is 5.01 Å². The van der Waals surface area contributed by atoms with Crippen LogP contribution in [-0.2, 0) is 16.6 Å². The fourth-order valence-corrected chi connectivity index (χ4v) is 3.49. The minimum absolute atomic E-state index is 0.218. The molecule has 0 aliphatic rings. The molecule has 0 saturated heterocycles.